The van der Waals surface area contributed by atoms with Gasteiger partial charge in [-0.15, -0.1) is 11.8 Å². The first-order valence-corrected chi connectivity index (χ1v) is 45.3. The fourth-order valence-corrected chi connectivity index (χ4v) is 17.1. The first-order chi connectivity index (χ1) is 63.4. The van der Waals surface area contributed by atoms with Gasteiger partial charge in [0.1, 0.15) is 90.3 Å². The molecule has 720 valence electrons. The predicted octanol–water partition coefficient (Wildman–Crippen LogP) is -4.10. The molecule has 45 heteroatoms. The van der Waals surface area contributed by atoms with E-state index in [2.05, 4.69) is 78.4 Å². The number of nitrogens with two attached hydrogens (primary N) is 3. The number of primary amides is 2. The summed E-state index contributed by atoms with van der Waals surface area (Å²) in [6.07, 6.45) is 4.84. The maximum atomic E-state index is 15.6. The van der Waals surface area contributed by atoms with E-state index in [1.165, 1.54) is 62.7 Å². The van der Waals surface area contributed by atoms with Crippen LogP contribution < -0.4 is 75.7 Å². The number of amides is 17. The molecule has 0 radical (unpaired) electrons. The van der Waals surface area contributed by atoms with Crippen LogP contribution in [0.1, 0.15) is 121 Å². The van der Waals surface area contributed by atoms with E-state index in [0.717, 1.165) is 38.4 Å². The number of fused-ring (bicyclic) bond motifs is 4. The van der Waals surface area contributed by atoms with E-state index in [-0.39, 0.29) is 115 Å². The number of aromatic amines is 3. The van der Waals surface area contributed by atoms with Crippen LogP contribution in [0.4, 0.5) is 0 Å². The number of unbranched alkanes of at least 4 members (excludes halogenated alkanes) is 1. The quantitative estimate of drug-likeness (QED) is 0.0156. The number of benzene rings is 3. The molecule has 6 heterocycles. The van der Waals surface area contributed by atoms with Crippen LogP contribution in [-0.4, -0.2) is 323 Å². The van der Waals surface area contributed by atoms with Crippen molar-refractivity contribution in [1.29, 1.82) is 5.41 Å². The normalized spacial score (nSPS) is 24.4. The smallest absolute Gasteiger partial charge is 0.246 e. The number of H-pyrrole nitrogens is 3. The first-order valence-electron chi connectivity index (χ1n) is 44.1. The minimum atomic E-state index is -1.88. The SMILES string of the molecule is CCCC[C@H]1C(=O)N(C)[C@@H](CO)C(=O)N[C@@H](CCCNC(=N)N)C(=O)NC(C(=O)NCC(N)=O)CSCC(=O)N[C@@H](Cc2ccc(O)cc2)C(=O)N(C)[C@@H](C)C(=O)N[C@@H](CC(N)=O)C(=O)N2CCC[C@H]2C(=O)N[C@@H](Cc2cnc[nH]2)C(=O)N[C@@H](CC(C)C)C(=O)N2CCC[C@H]2C(=O)N[C@@H](Cc2c[nH]c3ccccc23)C(=O)N[C@@H](CO)C(=O)N[C@@H](Cc2c[nH]c3ccccc23)C(=O)N1C. The van der Waals surface area contributed by atoms with Crippen LogP contribution >= 0.6 is 11.8 Å². The van der Waals surface area contributed by atoms with Crippen molar-refractivity contribution in [2.45, 2.75) is 209 Å². The second-order valence-corrected chi connectivity index (χ2v) is 34.8. The lowest BCUT2D eigenvalue weighted by atomic mass is 10.0. The van der Waals surface area contributed by atoms with Crippen LogP contribution in [0.2, 0.25) is 0 Å². The monoisotopic (exact) mass is 1870 g/mol. The van der Waals surface area contributed by atoms with Crippen LogP contribution in [0.3, 0.4) is 0 Å². The number of hydrogen-bond acceptors (Lipinski definition) is 23. The Morgan fingerprint density at radius 3 is 1.61 bits per heavy atom. The van der Waals surface area contributed by atoms with Crippen LogP contribution in [0, 0.1) is 11.3 Å². The summed E-state index contributed by atoms with van der Waals surface area (Å²) in [6.45, 7) is 3.51. The number of rotatable bonds is 24. The fraction of sp³-hybridized carbons (Fsp3) is 0.511. The minimum Gasteiger partial charge on any atom is -0.508 e. The topological polar surface area (TPSA) is 662 Å². The lowest BCUT2D eigenvalue weighted by molar-refractivity contribution is -0.150. The van der Waals surface area contributed by atoms with Crippen LogP contribution in [0.25, 0.3) is 21.8 Å². The summed E-state index contributed by atoms with van der Waals surface area (Å²) in [7, 11) is 3.65. The standard InChI is InChI=1S/C88H122N24O20S/c1-8-9-22-69-87(132)110(7)70(43-114)82(127)100-58(21-14-29-94-88(91)92)76(121)107-66(75(120)97-41-72(90)117)44-133-45-73(118)99-62(33-49-25-27-53(115)28-26-49)83(128)108(5)48(4)74(119)103-64(37-71(89)116)86(131)112-31-16-24-68(112)81(126)102-60(36-52-40-93-46-98-52)78(123)104-61(32-47(2)3)85(130)111-30-15-23-67(111)80(125)101-59(34-50-38-95-56-19-12-10-17-54(50)56)77(122)106-65(42-113)79(124)105-63(84(129)109(69)6)35-51-39-96-57-20-13-11-18-55(51)57/h10-13,17-20,25-28,38-40,46-48,58-70,95-96,113-115H,8-9,14-16,21-24,29-37,41-45H2,1-7H3,(H2,89,116)(H2,90,117)(H,93,98)(H,97,120)(H,99,118)(H,100,127)(H,101,125)(H,102,126)(H,103,119)(H,104,123)(H,105,124)(H,106,122)(H,107,121)(H4,91,92,94)/t48-,58-,59-,60-,61-,62-,63-,64-,65-,66?,67-,68-,69-,70-/m0/s1. The summed E-state index contributed by atoms with van der Waals surface area (Å²) in [5, 5.41) is 70.3. The fourth-order valence-electron chi connectivity index (χ4n) is 16.3. The molecule has 24 N–H and O–H groups in total. The van der Waals surface area contributed by atoms with Gasteiger partial charge in [-0.2, -0.15) is 0 Å². The number of imidazole rings is 1. The number of hydrogen-bond donors (Lipinski definition) is 21. The molecule has 44 nitrogen and oxygen atoms in total. The van der Waals surface area contributed by atoms with Crippen molar-refractivity contribution >= 4 is 140 Å². The van der Waals surface area contributed by atoms with Gasteiger partial charge in [-0.1, -0.05) is 82.1 Å². The first kappa shape index (κ1) is 103. The third-order valence-corrected chi connectivity index (χ3v) is 24.7. The van der Waals surface area contributed by atoms with Gasteiger partial charge in [-0.3, -0.25) is 86.9 Å². The number of aliphatic hydroxyl groups excluding tert-OH is 2. The lowest BCUT2D eigenvalue weighted by Crippen LogP contribution is -2.62. The zero-order valence-corrected chi connectivity index (χ0v) is 76.1. The number of carbonyl (C=O) groups excluding carboxylic acids is 17. The second-order valence-electron chi connectivity index (χ2n) is 33.8. The van der Waals surface area contributed by atoms with Gasteiger partial charge in [0.25, 0.3) is 0 Å². The molecule has 133 heavy (non-hydrogen) atoms. The molecule has 0 spiro atoms. The number of nitrogens with one attached hydrogen (secondary N) is 15. The summed E-state index contributed by atoms with van der Waals surface area (Å²) in [5.74, 6) is -18.3. The highest BCUT2D eigenvalue weighted by Gasteiger charge is 2.46. The van der Waals surface area contributed by atoms with E-state index in [4.69, 9.17) is 22.6 Å². The highest BCUT2D eigenvalue weighted by atomic mass is 32.2. The summed E-state index contributed by atoms with van der Waals surface area (Å²) in [6, 6.07) is -2.48. The number of thioether (sulfide) groups is 1. The predicted molar refractivity (Wildman–Crippen MR) is 486 cm³/mol. The van der Waals surface area contributed by atoms with Crippen LogP contribution in [0.15, 0.2) is 97.7 Å². The maximum absolute atomic E-state index is 15.6. The van der Waals surface area contributed by atoms with Gasteiger partial charge in [-0.25, -0.2) is 4.98 Å². The number of aromatic nitrogens is 4. The molecule has 17 amide bonds. The highest BCUT2D eigenvalue weighted by Crippen LogP contribution is 2.28. The molecule has 3 saturated heterocycles. The molecular formula is C88H122N24O20S. The molecule has 0 bridgehead atoms. The third-order valence-electron chi connectivity index (χ3n) is 23.6. The van der Waals surface area contributed by atoms with Gasteiger partial charge < -0.3 is 130 Å². The van der Waals surface area contributed by atoms with Crippen molar-refractivity contribution in [2.75, 3.05) is 72.0 Å². The lowest BCUT2D eigenvalue weighted by Gasteiger charge is -2.36. The maximum Gasteiger partial charge on any atom is 0.246 e. The van der Waals surface area contributed by atoms with E-state index in [1.807, 2.05) is 0 Å². The molecule has 9 rings (SSSR count). The average molecular weight is 1870 g/mol. The Morgan fingerprint density at radius 2 is 1.05 bits per heavy atom. The molecule has 1 unspecified atom stereocenters. The van der Waals surface area contributed by atoms with E-state index in [0.29, 0.717) is 50.6 Å². The van der Waals surface area contributed by atoms with E-state index in [9.17, 15) is 63.3 Å². The van der Waals surface area contributed by atoms with Crippen molar-refractivity contribution < 1.29 is 96.8 Å². The van der Waals surface area contributed by atoms with E-state index >= 15 is 33.6 Å². The number of phenolic OH excluding ortho intramolecular Hbond substituents is 1. The summed E-state index contributed by atoms with van der Waals surface area (Å²) in [4.78, 5) is 267. The van der Waals surface area contributed by atoms with Gasteiger partial charge in [0.05, 0.1) is 38.3 Å². The number of guanidine groups is 1. The molecule has 6 aromatic rings. The van der Waals surface area contributed by atoms with Gasteiger partial charge in [0.15, 0.2) is 5.96 Å². The van der Waals surface area contributed by atoms with Crippen molar-refractivity contribution in [2.24, 2.45) is 23.1 Å². The Balaban J connectivity index is 1.09. The highest BCUT2D eigenvalue weighted by molar-refractivity contribution is 8.00. The molecule has 3 aliphatic rings. The van der Waals surface area contributed by atoms with Crippen molar-refractivity contribution in [3.05, 3.63) is 120 Å². The zero-order chi connectivity index (χ0) is 97.0. The molecule has 14 atom stereocenters. The van der Waals surface area contributed by atoms with Crippen molar-refractivity contribution in [1.82, 2.24) is 103 Å². The average Bonchev–Trinajstić information content (AvgIpc) is 1.86. The van der Waals surface area contributed by atoms with Crippen molar-refractivity contribution in [3.63, 3.8) is 0 Å². The Kier molecular flexibility index (Phi) is 37.9. The molecular weight excluding hydrogens is 1750 g/mol. The van der Waals surface area contributed by atoms with Gasteiger partial charge in [0, 0.05) is 118 Å². The van der Waals surface area contributed by atoms with E-state index < -0.39 is 229 Å². The Labute approximate surface area is 771 Å². The molecule has 3 aliphatic heterocycles. The number of para-hydroxylation sites is 2. The summed E-state index contributed by atoms with van der Waals surface area (Å²) < 4.78 is 0. The zero-order valence-electron chi connectivity index (χ0n) is 75.3. The minimum absolute atomic E-state index is 0.000662. The van der Waals surface area contributed by atoms with Crippen LogP contribution in [0.5, 0.6) is 5.75 Å². The molecule has 3 aromatic carbocycles. The molecule has 3 aromatic heterocycles. The number of carbonyl (C=O) groups is 17. The number of aliphatic hydroxyl groups is 2. The number of phenols is 1. The van der Waals surface area contributed by atoms with Gasteiger partial charge >= 0.3 is 0 Å². The Morgan fingerprint density at radius 1 is 0.534 bits per heavy atom. The molecule has 0 saturated carbocycles. The Bertz CT molecular complexity index is 5170. The van der Waals surface area contributed by atoms with Crippen LogP contribution in [-0.2, 0) is 107 Å². The summed E-state index contributed by atoms with van der Waals surface area (Å²) >= 11 is 0.728. The largest absolute Gasteiger partial charge is 0.508 e. The summed E-state index contributed by atoms with van der Waals surface area (Å²) in [5.41, 5.74) is 19.7. The Hall–Kier alpha value is -13.7. The van der Waals surface area contributed by atoms with E-state index in [1.54, 1.807) is 81.7 Å². The molecule has 0 aliphatic carbocycles. The third kappa shape index (κ3) is 28.4. The number of aromatic hydroxyl groups is 1. The van der Waals surface area contributed by atoms with Gasteiger partial charge in [0.2, 0.25) is 100 Å². The number of likely N-dealkylation sites (N-methyl/N-ethyl adjacent to an activating group) is 3. The molecule has 3 fully saturated rings. The number of nitrogens with zero attached hydrogens (tertiary/aromatic N) is 6. The second kappa shape index (κ2) is 49.0. The van der Waals surface area contributed by atoms with Gasteiger partial charge in [-0.05, 0) is 105 Å². The van der Waals surface area contributed by atoms with Crippen molar-refractivity contribution in [3.8, 4) is 5.75 Å².